The van der Waals surface area contributed by atoms with Crippen LogP contribution in [0.5, 0.6) is 0 Å². The summed E-state index contributed by atoms with van der Waals surface area (Å²) in [5, 5.41) is 10.8. The van der Waals surface area contributed by atoms with Gasteiger partial charge in [0.1, 0.15) is 0 Å². The topological polar surface area (TPSA) is 36.4 Å². The van der Waals surface area contributed by atoms with Gasteiger partial charge in [-0.05, 0) is 36.1 Å². The Kier molecular flexibility index (Phi) is 4.86. The van der Waals surface area contributed by atoms with Gasteiger partial charge in [-0.15, -0.1) is 0 Å². The third kappa shape index (κ3) is 4.15. The molecule has 3 nitrogen and oxygen atoms in total. The Balaban J connectivity index is 1.72. The SMILES string of the molecule is OC1(CN(Cc2ccccc2)Cc2ccncc2)CCCC1. The maximum absolute atomic E-state index is 10.8. The molecule has 0 atom stereocenters. The highest BCUT2D eigenvalue weighted by Crippen LogP contribution is 2.31. The third-order valence-corrected chi connectivity index (χ3v) is 4.46. The van der Waals surface area contributed by atoms with E-state index in [1.54, 1.807) is 0 Å². The van der Waals surface area contributed by atoms with Gasteiger partial charge in [0, 0.05) is 32.0 Å². The molecule has 1 heterocycles. The molecule has 2 aromatic rings. The summed E-state index contributed by atoms with van der Waals surface area (Å²) in [5.41, 5.74) is 2.02. The van der Waals surface area contributed by atoms with Gasteiger partial charge in [-0.2, -0.15) is 0 Å². The van der Waals surface area contributed by atoms with Gasteiger partial charge in [-0.1, -0.05) is 43.2 Å². The van der Waals surface area contributed by atoms with E-state index >= 15 is 0 Å². The van der Waals surface area contributed by atoms with Crippen molar-refractivity contribution in [1.29, 1.82) is 0 Å². The summed E-state index contributed by atoms with van der Waals surface area (Å²) in [6.07, 6.45) is 7.81. The number of nitrogens with zero attached hydrogens (tertiary/aromatic N) is 2. The average Bonchev–Trinajstić information content (AvgIpc) is 2.95. The lowest BCUT2D eigenvalue weighted by Crippen LogP contribution is -2.40. The van der Waals surface area contributed by atoms with Gasteiger partial charge in [0.05, 0.1) is 5.60 Å². The Morgan fingerprint density at radius 1 is 0.909 bits per heavy atom. The van der Waals surface area contributed by atoms with Crippen LogP contribution in [0.2, 0.25) is 0 Å². The highest BCUT2D eigenvalue weighted by molar-refractivity contribution is 5.16. The third-order valence-electron chi connectivity index (χ3n) is 4.46. The quantitative estimate of drug-likeness (QED) is 0.887. The summed E-state index contributed by atoms with van der Waals surface area (Å²) in [6, 6.07) is 14.6. The Hall–Kier alpha value is -1.71. The maximum atomic E-state index is 10.8. The average molecular weight is 296 g/mol. The molecule has 0 aliphatic heterocycles. The fourth-order valence-electron chi connectivity index (χ4n) is 3.36. The Bertz CT molecular complexity index is 523. The number of aromatic nitrogens is 1. The van der Waals surface area contributed by atoms with Gasteiger partial charge >= 0.3 is 0 Å². The summed E-state index contributed by atoms with van der Waals surface area (Å²) < 4.78 is 0. The van der Waals surface area contributed by atoms with E-state index in [2.05, 4.69) is 46.3 Å². The number of hydrogen-bond donors (Lipinski definition) is 1. The Labute approximate surface area is 132 Å². The lowest BCUT2D eigenvalue weighted by molar-refractivity contribution is 0.00452. The van der Waals surface area contributed by atoms with Crippen LogP contribution < -0.4 is 0 Å². The first kappa shape index (κ1) is 15.2. The highest BCUT2D eigenvalue weighted by atomic mass is 16.3. The first-order valence-electron chi connectivity index (χ1n) is 8.11. The molecule has 0 radical (unpaired) electrons. The van der Waals surface area contributed by atoms with E-state index in [-0.39, 0.29) is 0 Å². The molecule has 1 N–H and O–H groups in total. The summed E-state index contributed by atoms with van der Waals surface area (Å²) in [5.74, 6) is 0. The van der Waals surface area contributed by atoms with Crippen LogP contribution in [-0.2, 0) is 13.1 Å². The van der Waals surface area contributed by atoms with Crippen LogP contribution in [0.15, 0.2) is 54.9 Å². The van der Waals surface area contributed by atoms with E-state index in [9.17, 15) is 5.11 Å². The Morgan fingerprint density at radius 3 is 2.14 bits per heavy atom. The number of hydrogen-bond acceptors (Lipinski definition) is 3. The van der Waals surface area contributed by atoms with E-state index < -0.39 is 5.60 Å². The molecule has 1 fully saturated rings. The number of aliphatic hydroxyl groups is 1. The van der Waals surface area contributed by atoms with Gasteiger partial charge in [0.15, 0.2) is 0 Å². The summed E-state index contributed by atoms with van der Waals surface area (Å²) in [7, 11) is 0. The van der Waals surface area contributed by atoms with Crippen LogP contribution in [0.4, 0.5) is 0 Å². The molecule has 1 aromatic heterocycles. The van der Waals surface area contributed by atoms with Gasteiger partial charge in [0.2, 0.25) is 0 Å². The van der Waals surface area contributed by atoms with Crippen molar-refractivity contribution in [2.75, 3.05) is 6.54 Å². The molecule has 0 spiro atoms. The fraction of sp³-hybridized carbons (Fsp3) is 0.421. The molecule has 1 saturated carbocycles. The lowest BCUT2D eigenvalue weighted by Gasteiger charge is -2.31. The van der Waals surface area contributed by atoms with Crippen molar-refractivity contribution in [2.24, 2.45) is 0 Å². The second-order valence-corrected chi connectivity index (χ2v) is 6.42. The van der Waals surface area contributed by atoms with E-state index in [1.165, 1.54) is 11.1 Å². The monoisotopic (exact) mass is 296 g/mol. The molecule has 0 amide bonds. The number of benzene rings is 1. The zero-order chi connectivity index (χ0) is 15.3. The normalized spacial score (nSPS) is 17.0. The van der Waals surface area contributed by atoms with Crippen LogP contribution >= 0.6 is 0 Å². The van der Waals surface area contributed by atoms with Gasteiger partial charge in [-0.3, -0.25) is 9.88 Å². The van der Waals surface area contributed by atoms with E-state index in [1.807, 2.05) is 18.5 Å². The van der Waals surface area contributed by atoms with E-state index in [0.717, 1.165) is 45.3 Å². The van der Waals surface area contributed by atoms with E-state index in [4.69, 9.17) is 0 Å². The molecule has 116 valence electrons. The van der Waals surface area contributed by atoms with Crippen molar-refractivity contribution in [1.82, 2.24) is 9.88 Å². The second kappa shape index (κ2) is 7.03. The fourth-order valence-corrected chi connectivity index (χ4v) is 3.36. The molecule has 0 unspecified atom stereocenters. The van der Waals surface area contributed by atoms with Crippen LogP contribution in [0, 0.1) is 0 Å². The van der Waals surface area contributed by atoms with Crippen molar-refractivity contribution in [3.63, 3.8) is 0 Å². The zero-order valence-corrected chi connectivity index (χ0v) is 13.0. The van der Waals surface area contributed by atoms with Gasteiger partial charge < -0.3 is 5.11 Å². The molecule has 0 bridgehead atoms. The summed E-state index contributed by atoms with van der Waals surface area (Å²) in [4.78, 5) is 6.44. The second-order valence-electron chi connectivity index (χ2n) is 6.42. The number of pyridine rings is 1. The van der Waals surface area contributed by atoms with E-state index in [0.29, 0.717) is 0 Å². The standard InChI is InChI=1S/C19H24N2O/c22-19(10-4-5-11-19)16-21(14-17-6-2-1-3-7-17)15-18-8-12-20-13-9-18/h1-3,6-9,12-13,22H,4-5,10-11,14-16H2. The predicted octanol–water partition coefficient (Wildman–Crippen LogP) is 3.39. The predicted molar refractivity (Wildman–Crippen MR) is 88.2 cm³/mol. The van der Waals surface area contributed by atoms with Gasteiger partial charge in [0.25, 0.3) is 0 Å². The van der Waals surface area contributed by atoms with Crippen molar-refractivity contribution in [3.05, 3.63) is 66.0 Å². The smallest absolute Gasteiger partial charge is 0.0774 e. The highest BCUT2D eigenvalue weighted by Gasteiger charge is 2.33. The first-order valence-corrected chi connectivity index (χ1v) is 8.11. The molecular formula is C19H24N2O. The molecule has 22 heavy (non-hydrogen) atoms. The van der Waals surface area contributed by atoms with Crippen molar-refractivity contribution >= 4 is 0 Å². The van der Waals surface area contributed by atoms with Crippen LogP contribution in [-0.4, -0.2) is 27.1 Å². The van der Waals surface area contributed by atoms with Crippen LogP contribution in [0.25, 0.3) is 0 Å². The summed E-state index contributed by atoms with van der Waals surface area (Å²) >= 11 is 0. The zero-order valence-electron chi connectivity index (χ0n) is 13.0. The molecule has 3 heteroatoms. The van der Waals surface area contributed by atoms with Crippen LogP contribution in [0.3, 0.4) is 0 Å². The van der Waals surface area contributed by atoms with Crippen molar-refractivity contribution in [2.45, 2.75) is 44.4 Å². The molecule has 1 aliphatic carbocycles. The minimum Gasteiger partial charge on any atom is -0.389 e. The maximum Gasteiger partial charge on any atom is 0.0774 e. The molecule has 1 aliphatic rings. The first-order chi connectivity index (χ1) is 10.7. The molecule has 0 saturated heterocycles. The molecule has 3 rings (SSSR count). The Morgan fingerprint density at radius 2 is 1.50 bits per heavy atom. The minimum atomic E-state index is -0.512. The lowest BCUT2D eigenvalue weighted by atomic mass is 10.0. The number of rotatable bonds is 6. The van der Waals surface area contributed by atoms with Crippen molar-refractivity contribution < 1.29 is 5.11 Å². The van der Waals surface area contributed by atoms with Crippen molar-refractivity contribution in [3.8, 4) is 0 Å². The summed E-state index contributed by atoms with van der Waals surface area (Å²) in [6.45, 7) is 2.45. The largest absolute Gasteiger partial charge is 0.389 e. The molecule has 1 aromatic carbocycles. The molecular weight excluding hydrogens is 272 g/mol. The van der Waals surface area contributed by atoms with Gasteiger partial charge in [-0.25, -0.2) is 0 Å². The van der Waals surface area contributed by atoms with Crippen LogP contribution in [0.1, 0.15) is 36.8 Å². The minimum absolute atomic E-state index is 0.512.